The van der Waals surface area contributed by atoms with Crippen molar-refractivity contribution in [3.8, 4) is 0 Å². The van der Waals surface area contributed by atoms with Gasteiger partial charge in [0.1, 0.15) is 6.10 Å². The average molecular weight is 459 g/mol. The highest BCUT2D eigenvalue weighted by Gasteiger charge is 2.64. The zero-order chi connectivity index (χ0) is 23.7. The molecule has 0 bridgehead atoms. The standard InChI is InChI=1S/C27H45F3O2/c1-17(6-9-22(31)27(28,29)30)19-7-8-20-18-10-12-23(2)16-24(3,32)14-15-26(23,5)21(18)11-13-25(19,20)4/h17-22,31-32H,6-16H2,1-5H3/t17-,18+,19-,20+,21+,22+,23+,24+,25-,26-/m1/s1. The van der Waals surface area contributed by atoms with Gasteiger partial charge in [-0.3, -0.25) is 0 Å². The van der Waals surface area contributed by atoms with E-state index in [0.717, 1.165) is 25.7 Å². The van der Waals surface area contributed by atoms with Crippen LogP contribution in [-0.4, -0.2) is 28.1 Å². The molecule has 0 aromatic rings. The van der Waals surface area contributed by atoms with E-state index in [0.29, 0.717) is 30.1 Å². The molecule has 32 heavy (non-hydrogen) atoms. The molecule has 0 aliphatic heterocycles. The third kappa shape index (κ3) is 3.85. The number of hydrogen-bond donors (Lipinski definition) is 2. The number of fused-ring (bicyclic) bond motifs is 5. The molecule has 186 valence electrons. The van der Waals surface area contributed by atoms with Crippen LogP contribution in [0.4, 0.5) is 13.2 Å². The number of aliphatic hydroxyl groups is 2. The van der Waals surface area contributed by atoms with E-state index in [1.165, 1.54) is 32.1 Å². The number of aliphatic hydroxyl groups excluding tert-OH is 1. The van der Waals surface area contributed by atoms with Crippen LogP contribution in [-0.2, 0) is 0 Å². The Morgan fingerprint density at radius 1 is 0.875 bits per heavy atom. The fourth-order valence-electron chi connectivity index (χ4n) is 9.70. The molecule has 0 radical (unpaired) electrons. The van der Waals surface area contributed by atoms with Gasteiger partial charge in [-0.15, -0.1) is 0 Å². The molecule has 4 rings (SSSR count). The fourth-order valence-corrected chi connectivity index (χ4v) is 9.70. The quantitative estimate of drug-likeness (QED) is 0.471. The lowest BCUT2D eigenvalue weighted by atomic mass is 9.39. The van der Waals surface area contributed by atoms with E-state index in [4.69, 9.17) is 0 Å². The number of halogens is 3. The first-order chi connectivity index (χ1) is 14.6. The summed E-state index contributed by atoms with van der Waals surface area (Å²) in [5.41, 5.74) is 0.149. The number of alkyl halides is 3. The fraction of sp³-hybridized carbons (Fsp3) is 1.00. The van der Waals surface area contributed by atoms with Crippen molar-refractivity contribution in [3.63, 3.8) is 0 Å². The van der Waals surface area contributed by atoms with Crippen LogP contribution in [0.3, 0.4) is 0 Å². The van der Waals surface area contributed by atoms with Gasteiger partial charge in [-0.05, 0) is 123 Å². The van der Waals surface area contributed by atoms with Gasteiger partial charge < -0.3 is 10.2 Å². The van der Waals surface area contributed by atoms with Gasteiger partial charge in [0.2, 0.25) is 0 Å². The van der Waals surface area contributed by atoms with E-state index < -0.39 is 17.9 Å². The molecule has 0 aromatic carbocycles. The lowest BCUT2D eigenvalue weighted by Crippen LogP contribution is -2.60. The zero-order valence-corrected chi connectivity index (χ0v) is 20.8. The Bertz CT molecular complexity index is 706. The van der Waals surface area contributed by atoms with E-state index in [2.05, 4.69) is 27.7 Å². The summed E-state index contributed by atoms with van der Waals surface area (Å²) in [6.07, 6.45) is 3.64. The largest absolute Gasteiger partial charge is 0.414 e. The highest BCUT2D eigenvalue weighted by atomic mass is 19.4. The Morgan fingerprint density at radius 2 is 1.56 bits per heavy atom. The highest BCUT2D eigenvalue weighted by Crippen LogP contribution is 2.72. The monoisotopic (exact) mass is 458 g/mol. The summed E-state index contributed by atoms with van der Waals surface area (Å²) in [6, 6.07) is 0. The van der Waals surface area contributed by atoms with Crippen LogP contribution in [0.2, 0.25) is 0 Å². The van der Waals surface area contributed by atoms with Crippen LogP contribution < -0.4 is 0 Å². The smallest absolute Gasteiger partial charge is 0.390 e. The van der Waals surface area contributed by atoms with Crippen LogP contribution in [0.1, 0.15) is 105 Å². The van der Waals surface area contributed by atoms with Crippen molar-refractivity contribution in [2.24, 2.45) is 45.8 Å². The minimum absolute atomic E-state index is 0.176. The predicted octanol–water partition coefficient (Wildman–Crippen LogP) is 7.13. The molecular formula is C27H45F3O2. The van der Waals surface area contributed by atoms with Crippen LogP contribution in [0, 0.1) is 45.8 Å². The van der Waals surface area contributed by atoms with E-state index in [1.807, 2.05) is 6.92 Å². The summed E-state index contributed by atoms with van der Waals surface area (Å²) in [5, 5.41) is 20.3. The van der Waals surface area contributed by atoms with Gasteiger partial charge in [-0.2, -0.15) is 13.2 Å². The molecule has 4 aliphatic rings. The molecule has 4 fully saturated rings. The summed E-state index contributed by atoms with van der Waals surface area (Å²) in [6.45, 7) is 11.5. The van der Waals surface area contributed by atoms with Crippen LogP contribution in [0.25, 0.3) is 0 Å². The van der Waals surface area contributed by atoms with Crippen molar-refractivity contribution < 1.29 is 23.4 Å². The van der Waals surface area contributed by atoms with Gasteiger partial charge in [0.25, 0.3) is 0 Å². The first kappa shape index (κ1) is 24.8. The van der Waals surface area contributed by atoms with E-state index in [-0.39, 0.29) is 28.6 Å². The Hall–Kier alpha value is -0.290. The number of rotatable bonds is 4. The third-order valence-corrected chi connectivity index (χ3v) is 11.7. The normalized spacial score (nSPS) is 50.8. The van der Waals surface area contributed by atoms with Crippen LogP contribution >= 0.6 is 0 Å². The topological polar surface area (TPSA) is 40.5 Å². The predicted molar refractivity (Wildman–Crippen MR) is 121 cm³/mol. The van der Waals surface area contributed by atoms with E-state index in [1.54, 1.807) is 0 Å². The second-order valence-electron chi connectivity index (χ2n) is 13.4. The lowest BCUT2D eigenvalue weighted by Gasteiger charge is -2.66. The zero-order valence-electron chi connectivity index (χ0n) is 20.8. The SMILES string of the molecule is C[C@H](CC[C@H](O)C(F)(F)F)[C@H]1CC[C@H]2[C@@H]3CC[C@@]4(C)C[C@@](C)(O)CC[C@]4(C)[C@H]3CC[C@]12C. The van der Waals surface area contributed by atoms with Crippen molar-refractivity contribution in [3.05, 3.63) is 0 Å². The van der Waals surface area contributed by atoms with Crippen molar-refractivity contribution in [1.29, 1.82) is 0 Å². The molecule has 2 N–H and O–H groups in total. The molecule has 4 aliphatic carbocycles. The number of hydrogen-bond acceptors (Lipinski definition) is 2. The minimum atomic E-state index is -4.51. The molecule has 2 nitrogen and oxygen atoms in total. The third-order valence-electron chi connectivity index (χ3n) is 11.7. The van der Waals surface area contributed by atoms with Gasteiger partial charge in [0, 0.05) is 0 Å². The van der Waals surface area contributed by atoms with Crippen molar-refractivity contribution in [2.75, 3.05) is 0 Å². The van der Waals surface area contributed by atoms with Crippen molar-refractivity contribution >= 4 is 0 Å². The molecule has 10 atom stereocenters. The molecule has 0 spiro atoms. The molecular weight excluding hydrogens is 413 g/mol. The van der Waals surface area contributed by atoms with Gasteiger partial charge in [0.15, 0.2) is 0 Å². The van der Waals surface area contributed by atoms with Gasteiger partial charge in [0.05, 0.1) is 5.60 Å². The molecule has 4 saturated carbocycles. The summed E-state index contributed by atoms with van der Waals surface area (Å²) < 4.78 is 38.4. The Balaban J connectivity index is 1.48. The first-order valence-corrected chi connectivity index (χ1v) is 13.1. The van der Waals surface area contributed by atoms with Gasteiger partial charge >= 0.3 is 6.18 Å². The maximum Gasteiger partial charge on any atom is 0.414 e. The van der Waals surface area contributed by atoms with Crippen LogP contribution in [0.5, 0.6) is 0 Å². The van der Waals surface area contributed by atoms with E-state index >= 15 is 0 Å². The molecule has 0 heterocycles. The van der Waals surface area contributed by atoms with Gasteiger partial charge in [-0.25, -0.2) is 0 Å². The minimum Gasteiger partial charge on any atom is -0.390 e. The summed E-state index contributed by atoms with van der Waals surface area (Å²) in [4.78, 5) is 0. The average Bonchev–Trinajstić information content (AvgIpc) is 3.03. The van der Waals surface area contributed by atoms with Crippen molar-refractivity contribution in [1.82, 2.24) is 0 Å². The maximum absolute atomic E-state index is 12.8. The Labute approximate surface area is 192 Å². The summed E-state index contributed by atoms with van der Waals surface area (Å²) >= 11 is 0. The van der Waals surface area contributed by atoms with E-state index in [9.17, 15) is 23.4 Å². The highest BCUT2D eigenvalue weighted by molar-refractivity contribution is 5.13. The Morgan fingerprint density at radius 3 is 2.22 bits per heavy atom. The molecule has 0 aromatic heterocycles. The second-order valence-corrected chi connectivity index (χ2v) is 13.4. The molecule has 5 heteroatoms. The summed E-state index contributed by atoms with van der Waals surface area (Å²) in [5.74, 6) is 2.77. The molecule has 0 amide bonds. The molecule has 0 saturated heterocycles. The van der Waals surface area contributed by atoms with Crippen molar-refractivity contribution in [2.45, 2.75) is 123 Å². The second kappa shape index (κ2) is 7.86. The lowest BCUT2D eigenvalue weighted by molar-refractivity contribution is -0.207. The van der Waals surface area contributed by atoms with Crippen LogP contribution in [0.15, 0.2) is 0 Å². The molecule has 0 unspecified atom stereocenters. The maximum atomic E-state index is 12.8. The first-order valence-electron chi connectivity index (χ1n) is 13.1. The summed E-state index contributed by atoms with van der Waals surface area (Å²) in [7, 11) is 0. The Kier molecular flexibility index (Phi) is 6.10. The van der Waals surface area contributed by atoms with Gasteiger partial charge in [-0.1, -0.05) is 27.7 Å².